The number of hydrogen-bond donors (Lipinski definition) is 0. The molecule has 38 heavy (non-hydrogen) atoms. The SMILES string of the molecule is COc1cc(C=C2CC3(CN4C2=NN(C)CC4(C)c2ccc(F)cc2)CS(=O)C3)ccc1-n1cnc(C)c1. The number of ether oxygens (including phenoxy) is 1. The lowest BCUT2D eigenvalue weighted by molar-refractivity contribution is 0.0619. The van der Waals surface area contributed by atoms with Gasteiger partial charge in [-0.1, -0.05) is 18.2 Å². The van der Waals surface area contributed by atoms with Gasteiger partial charge in [-0.25, -0.2) is 9.37 Å². The summed E-state index contributed by atoms with van der Waals surface area (Å²) in [6, 6.07) is 12.9. The van der Waals surface area contributed by atoms with Crippen LogP contribution < -0.4 is 4.74 Å². The van der Waals surface area contributed by atoms with Gasteiger partial charge in [0.15, 0.2) is 5.84 Å². The van der Waals surface area contributed by atoms with Gasteiger partial charge in [0.2, 0.25) is 0 Å². The fraction of sp³-hybridized carbons (Fsp3) is 0.379. The van der Waals surface area contributed by atoms with E-state index in [4.69, 9.17) is 9.84 Å². The number of piperidine rings is 1. The van der Waals surface area contributed by atoms with Crippen molar-refractivity contribution in [3.8, 4) is 11.4 Å². The lowest BCUT2D eigenvalue weighted by atomic mass is 9.75. The summed E-state index contributed by atoms with van der Waals surface area (Å²) in [4.78, 5) is 6.71. The maximum atomic E-state index is 13.8. The van der Waals surface area contributed by atoms with Crippen molar-refractivity contribution in [1.82, 2.24) is 19.5 Å². The number of nitrogens with zero attached hydrogens (tertiary/aromatic N) is 5. The van der Waals surface area contributed by atoms with Crippen molar-refractivity contribution >= 4 is 22.7 Å². The number of hydrazone groups is 1. The topological polar surface area (TPSA) is 63.0 Å². The number of rotatable bonds is 4. The van der Waals surface area contributed by atoms with Crippen LogP contribution >= 0.6 is 0 Å². The number of amidine groups is 1. The zero-order valence-corrected chi connectivity index (χ0v) is 23.0. The first-order valence-corrected chi connectivity index (χ1v) is 14.3. The monoisotopic (exact) mass is 533 g/mol. The first-order valence-electron chi connectivity index (χ1n) is 12.8. The van der Waals surface area contributed by atoms with E-state index < -0.39 is 16.3 Å². The first-order chi connectivity index (χ1) is 18.2. The summed E-state index contributed by atoms with van der Waals surface area (Å²) in [5.74, 6) is 2.80. The number of benzene rings is 2. The van der Waals surface area contributed by atoms with Crippen molar-refractivity contribution in [2.45, 2.75) is 25.8 Å². The molecule has 2 fully saturated rings. The number of fused-ring (bicyclic) bond motifs is 1. The highest BCUT2D eigenvalue weighted by molar-refractivity contribution is 7.86. The highest BCUT2D eigenvalue weighted by atomic mass is 32.2. The molecule has 1 spiro atoms. The van der Waals surface area contributed by atoms with Gasteiger partial charge in [0.1, 0.15) is 11.6 Å². The van der Waals surface area contributed by atoms with E-state index in [1.807, 2.05) is 54.0 Å². The van der Waals surface area contributed by atoms with E-state index in [0.29, 0.717) is 18.1 Å². The standard InChI is InChI=1S/C29H32FN5O2S/c1-20-14-34(19-31-20)25-10-5-21(12-26(25)37-4)11-22-13-29(17-38(36)18-29)16-35-27(22)32-33(3)15-28(35,2)23-6-8-24(30)9-7-23/h5-12,14,19H,13,15-18H2,1-4H3. The van der Waals surface area contributed by atoms with Crippen LogP contribution in [0.15, 0.2) is 65.7 Å². The van der Waals surface area contributed by atoms with E-state index in [1.165, 1.54) is 12.1 Å². The highest BCUT2D eigenvalue weighted by Gasteiger charge is 2.54. The van der Waals surface area contributed by atoms with E-state index in [-0.39, 0.29) is 11.2 Å². The molecule has 1 aromatic heterocycles. The van der Waals surface area contributed by atoms with Crippen molar-refractivity contribution in [1.29, 1.82) is 0 Å². The van der Waals surface area contributed by atoms with Crippen LogP contribution in [0.25, 0.3) is 11.8 Å². The van der Waals surface area contributed by atoms with Crippen LogP contribution in [-0.2, 0) is 16.3 Å². The molecular weight excluding hydrogens is 501 g/mol. The van der Waals surface area contributed by atoms with E-state index >= 15 is 0 Å². The first kappa shape index (κ1) is 24.9. The summed E-state index contributed by atoms with van der Waals surface area (Å²) in [5.41, 5.74) is 4.54. The molecule has 1 unspecified atom stereocenters. The summed E-state index contributed by atoms with van der Waals surface area (Å²) >= 11 is 0. The molecule has 6 rings (SSSR count). The second kappa shape index (κ2) is 9.08. The maximum Gasteiger partial charge on any atom is 0.152 e. The molecule has 198 valence electrons. The Bertz CT molecular complexity index is 1470. The molecule has 0 saturated carbocycles. The summed E-state index contributed by atoms with van der Waals surface area (Å²) in [6.07, 6.45) is 6.75. The molecule has 0 aliphatic carbocycles. The van der Waals surface area contributed by atoms with Crippen molar-refractivity contribution in [3.05, 3.63) is 83.2 Å². The predicted molar refractivity (Wildman–Crippen MR) is 148 cm³/mol. The Balaban J connectivity index is 1.43. The summed E-state index contributed by atoms with van der Waals surface area (Å²) in [7, 11) is 2.87. The number of likely N-dealkylation sites (N-methyl/N-ethyl adjacent to an activating group) is 1. The van der Waals surface area contributed by atoms with Gasteiger partial charge in [0, 0.05) is 47.5 Å². The zero-order chi connectivity index (χ0) is 26.7. The number of aromatic nitrogens is 2. The fourth-order valence-electron chi connectivity index (χ4n) is 6.13. The molecule has 3 aliphatic heterocycles. The van der Waals surface area contributed by atoms with Crippen molar-refractivity contribution in [2.24, 2.45) is 10.5 Å². The molecule has 0 bridgehead atoms. The van der Waals surface area contributed by atoms with Crippen molar-refractivity contribution in [2.75, 3.05) is 38.8 Å². The number of hydrogen-bond acceptors (Lipinski definition) is 6. The highest BCUT2D eigenvalue weighted by Crippen LogP contribution is 2.47. The molecule has 1 atom stereocenters. The molecule has 3 aromatic rings. The van der Waals surface area contributed by atoms with Gasteiger partial charge in [0.05, 0.1) is 36.9 Å². The van der Waals surface area contributed by atoms with Crippen LogP contribution in [-0.4, -0.2) is 68.3 Å². The van der Waals surface area contributed by atoms with Crippen molar-refractivity contribution < 1.29 is 13.3 Å². The molecule has 3 aliphatic rings. The lowest BCUT2D eigenvalue weighted by Gasteiger charge is -2.57. The van der Waals surface area contributed by atoms with Gasteiger partial charge in [-0.15, -0.1) is 0 Å². The molecule has 0 amide bonds. The third-order valence-corrected chi connectivity index (χ3v) is 9.80. The normalized spacial score (nSPS) is 27.8. The van der Waals surface area contributed by atoms with Crippen LogP contribution in [0.5, 0.6) is 5.75 Å². The number of methoxy groups -OCH3 is 1. The lowest BCUT2D eigenvalue weighted by Crippen LogP contribution is -2.66. The number of imidazole rings is 1. The molecule has 7 nitrogen and oxygen atoms in total. The third kappa shape index (κ3) is 4.22. The Labute approximate surface area is 225 Å². The molecule has 4 heterocycles. The van der Waals surface area contributed by atoms with Gasteiger partial charge in [-0.05, 0) is 67.3 Å². The summed E-state index contributed by atoms with van der Waals surface area (Å²) in [5, 5.41) is 6.97. The minimum Gasteiger partial charge on any atom is -0.495 e. The van der Waals surface area contributed by atoms with Gasteiger partial charge >= 0.3 is 0 Å². The minimum atomic E-state index is -0.792. The van der Waals surface area contributed by atoms with Crippen LogP contribution in [0.4, 0.5) is 4.39 Å². The van der Waals surface area contributed by atoms with Gasteiger partial charge in [-0.3, -0.25) is 9.22 Å². The van der Waals surface area contributed by atoms with Crippen LogP contribution in [0.3, 0.4) is 0 Å². The Kier molecular flexibility index (Phi) is 5.94. The van der Waals surface area contributed by atoms with Gasteiger partial charge < -0.3 is 14.2 Å². The Morgan fingerprint density at radius 3 is 2.55 bits per heavy atom. The van der Waals surface area contributed by atoms with E-state index in [9.17, 15) is 8.60 Å². The molecular formula is C29H32FN5O2S. The zero-order valence-electron chi connectivity index (χ0n) is 22.1. The molecule has 0 radical (unpaired) electrons. The van der Waals surface area contributed by atoms with Crippen LogP contribution in [0.1, 0.15) is 30.2 Å². The molecule has 9 heteroatoms. The summed E-state index contributed by atoms with van der Waals surface area (Å²) in [6.45, 7) is 5.60. The number of halogens is 1. The third-order valence-electron chi connectivity index (χ3n) is 7.93. The predicted octanol–water partition coefficient (Wildman–Crippen LogP) is 4.34. The smallest absolute Gasteiger partial charge is 0.152 e. The Morgan fingerprint density at radius 2 is 1.89 bits per heavy atom. The van der Waals surface area contributed by atoms with Crippen molar-refractivity contribution in [3.63, 3.8) is 0 Å². The second-order valence-electron chi connectivity index (χ2n) is 11.0. The van der Waals surface area contributed by atoms with E-state index in [2.05, 4.69) is 29.0 Å². The minimum absolute atomic E-state index is 0.0642. The molecule has 0 N–H and O–H groups in total. The van der Waals surface area contributed by atoms with Crippen LogP contribution in [0.2, 0.25) is 0 Å². The van der Waals surface area contributed by atoms with E-state index in [0.717, 1.165) is 52.6 Å². The number of aryl methyl sites for hydroxylation is 1. The quantitative estimate of drug-likeness (QED) is 0.499. The largest absolute Gasteiger partial charge is 0.495 e. The fourth-order valence-corrected chi connectivity index (χ4v) is 7.80. The van der Waals surface area contributed by atoms with E-state index in [1.54, 1.807) is 13.4 Å². The Hall–Kier alpha value is -3.46. The molecule has 2 aromatic carbocycles. The average Bonchev–Trinajstić information content (AvgIpc) is 3.30. The average molecular weight is 534 g/mol. The second-order valence-corrected chi connectivity index (χ2v) is 12.5. The summed E-state index contributed by atoms with van der Waals surface area (Å²) < 4.78 is 33.9. The van der Waals surface area contributed by atoms with Gasteiger partial charge in [-0.2, -0.15) is 5.10 Å². The maximum absolute atomic E-state index is 13.8. The Morgan fingerprint density at radius 1 is 1.13 bits per heavy atom. The van der Waals surface area contributed by atoms with Crippen LogP contribution in [0, 0.1) is 18.2 Å². The van der Waals surface area contributed by atoms with Gasteiger partial charge in [0.25, 0.3) is 0 Å². The molecule has 2 saturated heterocycles.